The molecule has 0 aliphatic rings. The quantitative estimate of drug-likeness (QED) is 0.126. The van der Waals surface area contributed by atoms with Gasteiger partial charge in [-0.15, -0.1) is 0 Å². The lowest BCUT2D eigenvalue weighted by Crippen LogP contribution is -2.02. The Hall–Kier alpha value is -6.78. The van der Waals surface area contributed by atoms with Crippen LogP contribution in [0, 0.1) is 20.8 Å². The number of allylic oxidation sites excluding steroid dienone is 1. The van der Waals surface area contributed by atoms with Crippen molar-refractivity contribution in [3.63, 3.8) is 0 Å². The second kappa shape index (κ2) is 21.1. The molecule has 8 rings (SSSR count). The Morgan fingerprint density at radius 1 is 0.527 bits per heavy atom. The molecular formula is C51H49N3O. The van der Waals surface area contributed by atoms with Crippen molar-refractivity contribution in [3.8, 4) is 11.1 Å². The number of hydrazone groups is 1. The van der Waals surface area contributed by atoms with Crippen LogP contribution in [0.4, 0.5) is 0 Å². The number of hydrogen-bond acceptors (Lipinski definition) is 4. The highest BCUT2D eigenvalue weighted by Crippen LogP contribution is 2.31. The lowest BCUT2D eigenvalue weighted by molar-refractivity contribution is 0.669. The van der Waals surface area contributed by atoms with Gasteiger partial charge < -0.3 is 9.84 Å². The van der Waals surface area contributed by atoms with Gasteiger partial charge in [0.1, 0.15) is 11.2 Å². The van der Waals surface area contributed by atoms with E-state index in [4.69, 9.17) is 4.42 Å². The number of furan rings is 1. The summed E-state index contributed by atoms with van der Waals surface area (Å²) in [7, 11) is 0. The van der Waals surface area contributed by atoms with E-state index in [1.165, 1.54) is 38.9 Å². The standard InChI is InChI=1S/C28H21NO.C8H10N2.C8H10.C7H8/c1-29-26(18-13-20-11-14-22(15-12-20)21-7-3-2-4-8-21)23-16-17-25-24-9-5-6-10-27(24)30-28(25)19-23;1-9-10-7-8-5-3-2-4-6-8;1-7-4-3-5-8(2)6-7;1-7-5-3-2-4-6-7/h2-12,14-19H,1,13H2;2-6,10H,1,7H2;3-6H,1-2H3;2-6H,1H3/b26-18-;;;. The molecule has 0 radical (unpaired) electrons. The Labute approximate surface area is 326 Å². The molecule has 1 N–H and O–H groups in total. The van der Waals surface area contributed by atoms with Gasteiger partial charge in [0, 0.05) is 23.1 Å². The van der Waals surface area contributed by atoms with Crippen LogP contribution in [0.1, 0.15) is 33.4 Å². The van der Waals surface area contributed by atoms with Crippen LogP contribution in [0.25, 0.3) is 38.8 Å². The van der Waals surface area contributed by atoms with Crippen molar-refractivity contribution in [3.05, 3.63) is 221 Å². The fourth-order valence-electron chi connectivity index (χ4n) is 5.92. The Bertz CT molecular complexity index is 2380. The molecular weight excluding hydrogens is 671 g/mol. The Morgan fingerprint density at radius 2 is 1.09 bits per heavy atom. The van der Waals surface area contributed by atoms with Gasteiger partial charge >= 0.3 is 0 Å². The number of rotatable bonds is 8. The molecule has 0 bridgehead atoms. The SMILES string of the molecule is C=N/C(=C\Cc1ccc(-c2ccccc2)cc1)c1ccc2c(c1)oc1ccccc12.C=NNCc1ccccc1.Cc1cccc(C)c1.Cc1ccccc1. The molecule has 274 valence electrons. The second-order valence-corrected chi connectivity index (χ2v) is 13.1. The zero-order chi connectivity index (χ0) is 38.7. The molecule has 0 fully saturated rings. The van der Waals surface area contributed by atoms with Crippen molar-refractivity contribution in [1.82, 2.24) is 5.43 Å². The predicted octanol–water partition coefficient (Wildman–Crippen LogP) is 13.2. The summed E-state index contributed by atoms with van der Waals surface area (Å²) in [5.74, 6) is 0. The van der Waals surface area contributed by atoms with Crippen LogP contribution < -0.4 is 5.43 Å². The minimum Gasteiger partial charge on any atom is -0.456 e. The van der Waals surface area contributed by atoms with Gasteiger partial charge in [-0.25, -0.2) is 0 Å². The van der Waals surface area contributed by atoms with Gasteiger partial charge in [-0.2, -0.15) is 5.10 Å². The molecule has 0 unspecified atom stereocenters. The monoisotopic (exact) mass is 719 g/mol. The molecule has 0 spiro atoms. The summed E-state index contributed by atoms with van der Waals surface area (Å²) >= 11 is 0. The number of para-hydroxylation sites is 1. The number of aliphatic imine (C=N–C) groups is 1. The molecule has 1 aromatic heterocycles. The second-order valence-electron chi connectivity index (χ2n) is 13.1. The molecule has 0 aliphatic carbocycles. The number of benzene rings is 7. The van der Waals surface area contributed by atoms with Crippen LogP contribution in [0.3, 0.4) is 0 Å². The fourth-order valence-corrected chi connectivity index (χ4v) is 5.92. The van der Waals surface area contributed by atoms with E-state index in [2.05, 4.69) is 159 Å². The molecule has 0 amide bonds. The van der Waals surface area contributed by atoms with Gasteiger partial charge in [-0.05, 0) is 74.4 Å². The van der Waals surface area contributed by atoms with Crippen LogP contribution in [0.2, 0.25) is 0 Å². The first-order valence-corrected chi connectivity index (χ1v) is 18.4. The first kappa shape index (κ1) is 39.4. The maximum atomic E-state index is 6.02. The molecule has 0 atom stereocenters. The van der Waals surface area contributed by atoms with Crippen molar-refractivity contribution in [2.75, 3.05) is 0 Å². The van der Waals surface area contributed by atoms with Crippen molar-refractivity contribution in [1.29, 1.82) is 0 Å². The molecule has 4 nitrogen and oxygen atoms in total. The van der Waals surface area contributed by atoms with E-state index >= 15 is 0 Å². The van der Waals surface area contributed by atoms with Crippen molar-refractivity contribution < 1.29 is 4.42 Å². The summed E-state index contributed by atoms with van der Waals surface area (Å²) in [6, 6.07) is 62.2. The molecule has 0 aliphatic heterocycles. The third-order valence-electron chi connectivity index (χ3n) is 8.79. The summed E-state index contributed by atoms with van der Waals surface area (Å²) in [6.07, 6.45) is 2.91. The number of hydrogen-bond donors (Lipinski definition) is 1. The van der Waals surface area contributed by atoms with Gasteiger partial charge in [-0.3, -0.25) is 4.99 Å². The van der Waals surface area contributed by atoms with E-state index < -0.39 is 0 Å². The number of nitrogens with zero attached hydrogens (tertiary/aromatic N) is 2. The van der Waals surface area contributed by atoms with Gasteiger partial charge in [0.05, 0.1) is 12.2 Å². The molecule has 0 saturated heterocycles. The minimum absolute atomic E-state index is 0.754. The van der Waals surface area contributed by atoms with Crippen LogP contribution in [-0.4, -0.2) is 13.4 Å². The average Bonchev–Trinajstić information content (AvgIpc) is 3.60. The third kappa shape index (κ3) is 12.4. The number of fused-ring (bicyclic) bond motifs is 3. The topological polar surface area (TPSA) is 49.9 Å². The smallest absolute Gasteiger partial charge is 0.136 e. The highest BCUT2D eigenvalue weighted by atomic mass is 16.3. The van der Waals surface area contributed by atoms with Crippen LogP contribution in [0.5, 0.6) is 0 Å². The van der Waals surface area contributed by atoms with Crippen molar-refractivity contribution in [2.24, 2.45) is 10.1 Å². The van der Waals surface area contributed by atoms with Gasteiger partial charge in [0.2, 0.25) is 0 Å². The van der Waals surface area contributed by atoms with E-state index in [1.807, 2.05) is 78.9 Å². The summed E-state index contributed by atoms with van der Waals surface area (Å²) in [4.78, 5) is 4.27. The van der Waals surface area contributed by atoms with Crippen LogP contribution in [-0.2, 0) is 13.0 Å². The van der Waals surface area contributed by atoms with Gasteiger partial charge in [-0.1, -0.05) is 187 Å². The molecule has 7 aromatic carbocycles. The van der Waals surface area contributed by atoms with E-state index in [-0.39, 0.29) is 0 Å². The lowest BCUT2D eigenvalue weighted by Gasteiger charge is -2.05. The molecule has 1 heterocycles. The zero-order valence-electron chi connectivity index (χ0n) is 32.0. The summed E-state index contributed by atoms with van der Waals surface area (Å²) < 4.78 is 6.02. The summed E-state index contributed by atoms with van der Waals surface area (Å²) in [5.41, 5.74) is 15.3. The normalized spacial score (nSPS) is 10.5. The van der Waals surface area contributed by atoms with E-state index in [9.17, 15) is 0 Å². The summed E-state index contributed by atoms with van der Waals surface area (Å²) in [5, 5.41) is 5.78. The number of nitrogens with one attached hydrogen (secondary N) is 1. The maximum Gasteiger partial charge on any atom is 0.136 e. The predicted molar refractivity (Wildman–Crippen MR) is 237 cm³/mol. The van der Waals surface area contributed by atoms with Crippen LogP contribution in [0.15, 0.2) is 203 Å². The Kier molecular flexibility index (Phi) is 15.1. The fraction of sp³-hybridized carbons (Fsp3) is 0.0980. The first-order chi connectivity index (χ1) is 26.9. The third-order valence-corrected chi connectivity index (χ3v) is 8.79. The zero-order valence-corrected chi connectivity index (χ0v) is 32.0. The largest absolute Gasteiger partial charge is 0.456 e. The van der Waals surface area contributed by atoms with Gasteiger partial charge in [0.15, 0.2) is 0 Å². The molecule has 4 heteroatoms. The number of aryl methyl sites for hydroxylation is 3. The van der Waals surface area contributed by atoms with Gasteiger partial charge in [0.25, 0.3) is 0 Å². The maximum absolute atomic E-state index is 6.02. The molecule has 0 saturated carbocycles. The average molecular weight is 720 g/mol. The van der Waals surface area contributed by atoms with Crippen LogP contribution >= 0.6 is 0 Å². The minimum atomic E-state index is 0.754. The first-order valence-electron chi connectivity index (χ1n) is 18.4. The summed E-state index contributed by atoms with van der Waals surface area (Å²) in [6.45, 7) is 14.1. The Balaban J connectivity index is 0.000000187. The Morgan fingerprint density at radius 3 is 1.67 bits per heavy atom. The van der Waals surface area contributed by atoms with E-state index in [0.717, 1.165) is 46.2 Å². The molecule has 55 heavy (non-hydrogen) atoms. The molecule has 8 aromatic rings. The highest BCUT2D eigenvalue weighted by Gasteiger charge is 2.08. The highest BCUT2D eigenvalue weighted by molar-refractivity contribution is 6.05. The van der Waals surface area contributed by atoms with E-state index in [1.54, 1.807) is 0 Å². The van der Waals surface area contributed by atoms with Crippen molar-refractivity contribution in [2.45, 2.75) is 33.7 Å². The van der Waals surface area contributed by atoms with Crippen molar-refractivity contribution >= 4 is 41.1 Å². The lowest BCUT2D eigenvalue weighted by atomic mass is 10.0. The van der Waals surface area contributed by atoms with E-state index in [0.29, 0.717) is 0 Å².